The van der Waals surface area contributed by atoms with Gasteiger partial charge in [0.1, 0.15) is 23.0 Å². The van der Waals surface area contributed by atoms with Crippen molar-refractivity contribution in [2.45, 2.75) is 24.6 Å². The van der Waals surface area contributed by atoms with Crippen molar-refractivity contribution in [2.24, 2.45) is 0 Å². The van der Waals surface area contributed by atoms with Crippen molar-refractivity contribution in [3.05, 3.63) is 93.9 Å². The number of alkyl halides is 3. The molecule has 1 heterocycles. The Hall–Kier alpha value is -3.77. The first kappa shape index (κ1) is 26.3. The summed E-state index contributed by atoms with van der Waals surface area (Å²) >= 11 is 0.680. The standard InChI is InChI=1S/C25H18F3NO6S2/c1-15-2-10-20(11-3-15)37(32,33)35-19-9-6-17(12-22-23(30)29-24(31)36-22)21(13-19)34-14-16-4-7-18(8-5-16)25(26,27)28/h2-13H,14H2,1H3,(H,29,30,31)/b22-12-. The normalized spacial score (nSPS) is 15.1. The summed E-state index contributed by atoms with van der Waals surface area (Å²) in [4.78, 5) is 23.5. The largest absolute Gasteiger partial charge is 0.488 e. The number of aryl methyl sites for hydroxylation is 1. The molecule has 192 valence electrons. The topological polar surface area (TPSA) is 98.8 Å². The number of nitrogens with one attached hydrogen (secondary N) is 1. The summed E-state index contributed by atoms with van der Waals surface area (Å²) in [6, 6.07) is 14.4. The molecule has 7 nitrogen and oxygen atoms in total. The third kappa shape index (κ3) is 6.52. The predicted octanol–water partition coefficient (Wildman–Crippen LogP) is 5.68. The molecule has 37 heavy (non-hydrogen) atoms. The van der Waals surface area contributed by atoms with Crippen LogP contribution < -0.4 is 14.2 Å². The van der Waals surface area contributed by atoms with Crippen LogP contribution in [0.1, 0.15) is 22.3 Å². The molecule has 1 fully saturated rings. The second-order valence-corrected chi connectivity index (χ2v) is 10.4. The number of halogens is 3. The molecule has 0 unspecified atom stereocenters. The molecule has 0 spiro atoms. The molecule has 0 atom stereocenters. The highest BCUT2D eigenvalue weighted by Gasteiger charge is 2.30. The molecule has 0 aromatic heterocycles. The van der Waals surface area contributed by atoms with Crippen LogP contribution in [-0.2, 0) is 27.7 Å². The van der Waals surface area contributed by atoms with E-state index in [1.807, 2.05) is 0 Å². The second kappa shape index (κ2) is 10.3. The van der Waals surface area contributed by atoms with Crippen molar-refractivity contribution in [3.63, 3.8) is 0 Å². The minimum absolute atomic E-state index is 0.0611. The quantitative estimate of drug-likeness (QED) is 0.299. The first-order valence-corrected chi connectivity index (χ1v) is 12.8. The summed E-state index contributed by atoms with van der Waals surface area (Å²) in [5.41, 5.74) is 0.780. The lowest BCUT2D eigenvalue weighted by molar-refractivity contribution is -0.137. The van der Waals surface area contributed by atoms with Gasteiger partial charge in [0.2, 0.25) is 0 Å². The molecule has 3 aromatic rings. The van der Waals surface area contributed by atoms with E-state index in [1.54, 1.807) is 19.1 Å². The van der Waals surface area contributed by atoms with Crippen LogP contribution in [0, 0.1) is 6.92 Å². The van der Waals surface area contributed by atoms with Gasteiger partial charge in [0.15, 0.2) is 0 Å². The van der Waals surface area contributed by atoms with Gasteiger partial charge in [-0.2, -0.15) is 21.6 Å². The zero-order valence-corrected chi connectivity index (χ0v) is 20.7. The van der Waals surface area contributed by atoms with Crippen LogP contribution in [0.15, 0.2) is 76.5 Å². The average molecular weight is 550 g/mol. The lowest BCUT2D eigenvalue weighted by atomic mass is 10.1. The number of hydrogen-bond acceptors (Lipinski definition) is 7. The number of imide groups is 1. The molecule has 1 saturated heterocycles. The van der Waals surface area contributed by atoms with Gasteiger partial charge in [-0.15, -0.1) is 0 Å². The fraction of sp³-hybridized carbons (Fsp3) is 0.120. The third-order valence-electron chi connectivity index (χ3n) is 5.10. The van der Waals surface area contributed by atoms with Gasteiger partial charge < -0.3 is 8.92 Å². The van der Waals surface area contributed by atoms with Crippen LogP contribution in [0.25, 0.3) is 6.08 Å². The van der Waals surface area contributed by atoms with E-state index in [1.165, 1.54) is 48.5 Å². The smallest absolute Gasteiger partial charge is 0.416 e. The van der Waals surface area contributed by atoms with Gasteiger partial charge in [0.05, 0.1) is 10.5 Å². The summed E-state index contributed by atoms with van der Waals surface area (Å²) in [6.45, 7) is 1.64. The van der Waals surface area contributed by atoms with Gasteiger partial charge in [-0.3, -0.25) is 14.9 Å². The van der Waals surface area contributed by atoms with E-state index in [0.29, 0.717) is 22.9 Å². The van der Waals surface area contributed by atoms with Crippen molar-refractivity contribution in [3.8, 4) is 11.5 Å². The number of carbonyl (C=O) groups is 2. The number of ether oxygens (including phenoxy) is 1. The number of thioether (sulfide) groups is 1. The number of rotatable bonds is 7. The molecular weight excluding hydrogens is 531 g/mol. The summed E-state index contributed by atoms with van der Waals surface area (Å²) in [5.74, 6) is -0.618. The van der Waals surface area contributed by atoms with Crippen molar-refractivity contribution in [1.82, 2.24) is 5.32 Å². The van der Waals surface area contributed by atoms with Gasteiger partial charge >= 0.3 is 16.3 Å². The Bertz CT molecular complexity index is 1480. The molecule has 1 N–H and O–H groups in total. The Labute approximate surface area is 214 Å². The fourth-order valence-corrected chi connectivity index (χ4v) is 4.80. The second-order valence-electron chi connectivity index (χ2n) is 7.89. The molecule has 1 aliphatic heterocycles. The Kier molecular flexibility index (Phi) is 7.32. The van der Waals surface area contributed by atoms with Crippen LogP contribution in [0.4, 0.5) is 18.0 Å². The Morgan fingerprint density at radius 3 is 2.24 bits per heavy atom. The Morgan fingerprint density at radius 2 is 1.65 bits per heavy atom. The summed E-state index contributed by atoms with van der Waals surface area (Å²) in [5, 5.41) is 1.58. The van der Waals surface area contributed by atoms with Crippen molar-refractivity contribution in [2.75, 3.05) is 0 Å². The van der Waals surface area contributed by atoms with E-state index in [2.05, 4.69) is 5.32 Å². The molecule has 0 saturated carbocycles. The van der Waals surface area contributed by atoms with E-state index in [0.717, 1.165) is 17.7 Å². The lowest BCUT2D eigenvalue weighted by Gasteiger charge is -2.13. The molecule has 0 aliphatic carbocycles. The van der Waals surface area contributed by atoms with E-state index in [4.69, 9.17) is 8.92 Å². The molecule has 12 heteroatoms. The maximum absolute atomic E-state index is 12.8. The highest BCUT2D eigenvalue weighted by Crippen LogP contribution is 2.33. The van der Waals surface area contributed by atoms with Gasteiger partial charge in [-0.1, -0.05) is 29.8 Å². The first-order valence-electron chi connectivity index (χ1n) is 10.6. The van der Waals surface area contributed by atoms with Crippen molar-refractivity contribution >= 4 is 39.1 Å². The average Bonchev–Trinajstić information content (AvgIpc) is 3.15. The minimum Gasteiger partial charge on any atom is -0.488 e. The van der Waals surface area contributed by atoms with Crippen LogP contribution in [0.2, 0.25) is 0 Å². The zero-order valence-electron chi connectivity index (χ0n) is 19.0. The number of amides is 2. The molecule has 0 bridgehead atoms. The molecular formula is C25H18F3NO6S2. The number of benzene rings is 3. The number of carbonyl (C=O) groups excluding carboxylic acids is 2. The van der Waals surface area contributed by atoms with Gasteiger partial charge in [0, 0.05) is 11.6 Å². The van der Waals surface area contributed by atoms with Crippen molar-refractivity contribution in [1.29, 1.82) is 0 Å². The van der Waals surface area contributed by atoms with E-state index in [9.17, 15) is 31.2 Å². The molecule has 1 aliphatic rings. The highest BCUT2D eigenvalue weighted by atomic mass is 32.2. The van der Waals surface area contributed by atoms with Crippen LogP contribution in [-0.4, -0.2) is 19.6 Å². The van der Waals surface area contributed by atoms with E-state index in [-0.39, 0.29) is 27.9 Å². The van der Waals surface area contributed by atoms with Crippen LogP contribution in [0.3, 0.4) is 0 Å². The van der Waals surface area contributed by atoms with Crippen LogP contribution >= 0.6 is 11.8 Å². The highest BCUT2D eigenvalue weighted by molar-refractivity contribution is 8.18. The molecule has 3 aromatic carbocycles. The van der Waals surface area contributed by atoms with Gasteiger partial charge in [-0.05, 0) is 66.7 Å². The summed E-state index contributed by atoms with van der Waals surface area (Å²) in [7, 11) is -4.17. The summed E-state index contributed by atoms with van der Waals surface area (Å²) < 4.78 is 74.9. The maximum Gasteiger partial charge on any atom is 0.416 e. The summed E-state index contributed by atoms with van der Waals surface area (Å²) in [6.07, 6.45) is -3.10. The Balaban J connectivity index is 1.63. The Morgan fingerprint density at radius 1 is 0.973 bits per heavy atom. The van der Waals surface area contributed by atoms with E-state index >= 15 is 0 Å². The van der Waals surface area contributed by atoms with E-state index < -0.39 is 33.0 Å². The minimum atomic E-state index is -4.48. The van der Waals surface area contributed by atoms with Gasteiger partial charge in [0.25, 0.3) is 11.1 Å². The number of hydrogen-bond donors (Lipinski definition) is 1. The predicted molar refractivity (Wildman–Crippen MR) is 130 cm³/mol. The van der Waals surface area contributed by atoms with Crippen molar-refractivity contribution < 1.29 is 40.1 Å². The third-order valence-corrected chi connectivity index (χ3v) is 7.18. The monoisotopic (exact) mass is 549 g/mol. The fourth-order valence-electron chi connectivity index (χ4n) is 3.20. The maximum atomic E-state index is 12.8. The first-order chi connectivity index (χ1) is 17.4. The molecule has 2 amide bonds. The molecule has 4 rings (SSSR count). The lowest BCUT2D eigenvalue weighted by Crippen LogP contribution is -2.17. The van der Waals surface area contributed by atoms with Gasteiger partial charge in [-0.25, -0.2) is 0 Å². The molecule has 0 radical (unpaired) electrons. The SMILES string of the molecule is Cc1ccc(S(=O)(=O)Oc2ccc(/C=C3\SC(=O)NC3=O)c(OCc3ccc(C(F)(F)F)cc3)c2)cc1. The van der Waals surface area contributed by atoms with Crippen LogP contribution in [0.5, 0.6) is 11.5 Å². The zero-order chi connectivity index (χ0) is 26.8.